The summed E-state index contributed by atoms with van der Waals surface area (Å²) in [4.78, 5) is 10.6. The predicted octanol–water partition coefficient (Wildman–Crippen LogP) is 1.39. The SMILES string of the molecule is CC(=O)CCCCCC1CCNN1. The van der Waals surface area contributed by atoms with Crippen LogP contribution >= 0.6 is 0 Å². The van der Waals surface area contributed by atoms with Gasteiger partial charge in [0.2, 0.25) is 0 Å². The molecule has 1 atom stereocenters. The minimum absolute atomic E-state index is 0.320. The molecular weight excluding hydrogens is 164 g/mol. The van der Waals surface area contributed by atoms with Crippen LogP contribution in [0.5, 0.6) is 0 Å². The standard InChI is InChI=1S/C10H20N2O/c1-9(13)5-3-2-4-6-10-7-8-11-12-10/h10-12H,2-8H2,1H3. The number of ketones is 1. The van der Waals surface area contributed by atoms with Crippen molar-refractivity contribution in [1.82, 2.24) is 10.9 Å². The lowest BCUT2D eigenvalue weighted by Crippen LogP contribution is -2.29. The van der Waals surface area contributed by atoms with Crippen molar-refractivity contribution in [3.8, 4) is 0 Å². The molecule has 0 amide bonds. The highest BCUT2D eigenvalue weighted by atomic mass is 16.1. The fourth-order valence-electron chi connectivity index (χ4n) is 1.69. The third-order valence-electron chi connectivity index (χ3n) is 2.51. The highest BCUT2D eigenvalue weighted by molar-refractivity contribution is 5.75. The van der Waals surface area contributed by atoms with E-state index < -0.39 is 0 Å². The molecule has 0 aromatic rings. The van der Waals surface area contributed by atoms with E-state index >= 15 is 0 Å². The molecule has 1 unspecified atom stereocenters. The number of rotatable bonds is 6. The molecule has 13 heavy (non-hydrogen) atoms. The minimum Gasteiger partial charge on any atom is -0.300 e. The maximum absolute atomic E-state index is 10.6. The van der Waals surface area contributed by atoms with Crippen LogP contribution < -0.4 is 10.9 Å². The van der Waals surface area contributed by atoms with Crippen LogP contribution in [0.3, 0.4) is 0 Å². The van der Waals surface area contributed by atoms with E-state index in [0.29, 0.717) is 11.8 Å². The van der Waals surface area contributed by atoms with Crippen LogP contribution in [0.1, 0.15) is 45.4 Å². The summed E-state index contributed by atoms with van der Waals surface area (Å²) in [6, 6.07) is 0.664. The first-order valence-electron chi connectivity index (χ1n) is 5.27. The van der Waals surface area contributed by atoms with Gasteiger partial charge >= 0.3 is 0 Å². The van der Waals surface area contributed by atoms with Crippen molar-refractivity contribution in [1.29, 1.82) is 0 Å². The summed E-state index contributed by atoms with van der Waals surface area (Å²) >= 11 is 0. The van der Waals surface area contributed by atoms with Crippen molar-refractivity contribution in [3.05, 3.63) is 0 Å². The summed E-state index contributed by atoms with van der Waals surface area (Å²) in [6.45, 7) is 2.76. The summed E-state index contributed by atoms with van der Waals surface area (Å²) in [5.41, 5.74) is 6.37. The fourth-order valence-corrected chi connectivity index (χ4v) is 1.69. The van der Waals surface area contributed by atoms with Gasteiger partial charge < -0.3 is 4.79 Å². The average Bonchev–Trinajstić information content (AvgIpc) is 2.55. The maximum Gasteiger partial charge on any atom is 0.129 e. The molecule has 76 valence electrons. The molecule has 3 nitrogen and oxygen atoms in total. The zero-order valence-electron chi connectivity index (χ0n) is 8.44. The second-order valence-electron chi connectivity index (χ2n) is 3.86. The highest BCUT2D eigenvalue weighted by Gasteiger charge is 2.12. The van der Waals surface area contributed by atoms with Crippen LogP contribution in [-0.2, 0) is 4.79 Å². The quantitative estimate of drug-likeness (QED) is 0.613. The van der Waals surface area contributed by atoms with Gasteiger partial charge in [-0.05, 0) is 26.2 Å². The Kier molecular flexibility index (Phi) is 5.01. The monoisotopic (exact) mass is 184 g/mol. The normalized spacial score (nSPS) is 22.1. The van der Waals surface area contributed by atoms with Crippen molar-refractivity contribution in [2.45, 2.75) is 51.5 Å². The Morgan fingerprint density at radius 2 is 2.23 bits per heavy atom. The van der Waals surface area contributed by atoms with E-state index in [1.54, 1.807) is 6.92 Å². The number of carbonyl (C=O) groups excluding carboxylic acids is 1. The molecule has 1 fully saturated rings. The van der Waals surface area contributed by atoms with Gasteiger partial charge in [0.05, 0.1) is 0 Å². The van der Waals surface area contributed by atoms with Gasteiger partial charge in [-0.1, -0.05) is 12.8 Å². The number of hydrazine groups is 1. The lowest BCUT2D eigenvalue weighted by atomic mass is 10.1. The smallest absolute Gasteiger partial charge is 0.129 e. The van der Waals surface area contributed by atoms with E-state index in [2.05, 4.69) is 10.9 Å². The highest BCUT2D eigenvalue weighted by Crippen LogP contribution is 2.09. The van der Waals surface area contributed by atoms with Gasteiger partial charge in [-0.25, -0.2) is 0 Å². The molecule has 0 bridgehead atoms. The largest absolute Gasteiger partial charge is 0.300 e. The first kappa shape index (κ1) is 10.7. The van der Waals surface area contributed by atoms with E-state index in [-0.39, 0.29) is 0 Å². The second kappa shape index (κ2) is 6.11. The molecule has 0 saturated carbocycles. The van der Waals surface area contributed by atoms with E-state index in [9.17, 15) is 4.79 Å². The Morgan fingerprint density at radius 1 is 1.38 bits per heavy atom. The van der Waals surface area contributed by atoms with Crippen molar-refractivity contribution in [2.24, 2.45) is 0 Å². The van der Waals surface area contributed by atoms with Crippen molar-refractivity contribution in [3.63, 3.8) is 0 Å². The van der Waals surface area contributed by atoms with Crippen LogP contribution in [0.25, 0.3) is 0 Å². The summed E-state index contributed by atoms with van der Waals surface area (Å²) in [7, 11) is 0. The van der Waals surface area contributed by atoms with Crippen molar-refractivity contribution < 1.29 is 4.79 Å². The lowest BCUT2D eigenvalue weighted by molar-refractivity contribution is -0.117. The molecule has 0 spiro atoms. The molecule has 0 radical (unpaired) electrons. The molecule has 1 saturated heterocycles. The first-order chi connectivity index (χ1) is 6.29. The molecular formula is C10H20N2O. The molecule has 2 N–H and O–H groups in total. The van der Waals surface area contributed by atoms with Gasteiger partial charge in [-0.15, -0.1) is 0 Å². The third-order valence-corrected chi connectivity index (χ3v) is 2.51. The summed E-state index contributed by atoms with van der Waals surface area (Å²) < 4.78 is 0. The summed E-state index contributed by atoms with van der Waals surface area (Å²) in [5, 5.41) is 0. The van der Waals surface area contributed by atoms with Crippen molar-refractivity contribution >= 4 is 5.78 Å². The van der Waals surface area contributed by atoms with Gasteiger partial charge in [-0.2, -0.15) is 0 Å². The minimum atomic E-state index is 0.320. The molecule has 0 aliphatic carbocycles. The van der Waals surface area contributed by atoms with E-state index in [4.69, 9.17) is 0 Å². The molecule has 3 heteroatoms. The molecule has 1 rings (SSSR count). The number of carbonyl (C=O) groups is 1. The van der Waals surface area contributed by atoms with E-state index in [1.807, 2.05) is 0 Å². The third kappa shape index (κ3) is 5.01. The van der Waals surface area contributed by atoms with Crippen LogP contribution in [-0.4, -0.2) is 18.4 Å². The van der Waals surface area contributed by atoms with E-state index in [1.165, 1.54) is 25.7 Å². The van der Waals surface area contributed by atoms with Gasteiger partial charge in [0.1, 0.15) is 5.78 Å². The molecule has 1 heterocycles. The average molecular weight is 184 g/mol. The Hall–Kier alpha value is -0.410. The fraction of sp³-hybridized carbons (Fsp3) is 0.900. The Labute approximate surface area is 80.2 Å². The molecule has 1 aliphatic rings. The van der Waals surface area contributed by atoms with Crippen LogP contribution in [0.4, 0.5) is 0 Å². The Balaban J connectivity index is 1.86. The topological polar surface area (TPSA) is 41.1 Å². The van der Waals surface area contributed by atoms with Crippen LogP contribution in [0, 0.1) is 0 Å². The number of nitrogens with one attached hydrogen (secondary N) is 2. The zero-order chi connectivity index (χ0) is 9.52. The Bertz CT molecular complexity index is 153. The molecule has 0 aromatic heterocycles. The number of hydrogen-bond acceptors (Lipinski definition) is 3. The second-order valence-corrected chi connectivity index (χ2v) is 3.86. The van der Waals surface area contributed by atoms with Gasteiger partial charge in [0.25, 0.3) is 0 Å². The predicted molar refractivity (Wildman–Crippen MR) is 53.3 cm³/mol. The Morgan fingerprint density at radius 3 is 2.85 bits per heavy atom. The molecule has 0 aromatic carbocycles. The summed E-state index contributed by atoms with van der Waals surface area (Å²) in [6.07, 6.45) is 6.74. The van der Waals surface area contributed by atoms with Gasteiger partial charge in [0, 0.05) is 19.0 Å². The van der Waals surface area contributed by atoms with Crippen LogP contribution in [0.15, 0.2) is 0 Å². The lowest BCUT2D eigenvalue weighted by Gasteiger charge is -2.07. The first-order valence-corrected chi connectivity index (χ1v) is 5.27. The van der Waals surface area contributed by atoms with Gasteiger partial charge in [-0.3, -0.25) is 10.9 Å². The maximum atomic E-state index is 10.6. The van der Waals surface area contributed by atoms with Crippen molar-refractivity contribution in [2.75, 3.05) is 6.54 Å². The van der Waals surface area contributed by atoms with E-state index in [0.717, 1.165) is 19.4 Å². The van der Waals surface area contributed by atoms with Gasteiger partial charge in [0.15, 0.2) is 0 Å². The summed E-state index contributed by atoms with van der Waals surface area (Å²) in [5.74, 6) is 0.320. The zero-order valence-corrected chi connectivity index (χ0v) is 8.44. The number of unbranched alkanes of at least 4 members (excludes halogenated alkanes) is 2. The molecule has 1 aliphatic heterocycles. The number of hydrogen-bond donors (Lipinski definition) is 2. The van der Waals surface area contributed by atoms with Crippen LogP contribution in [0.2, 0.25) is 0 Å². The number of Topliss-reactive ketones (excluding diaryl/α,β-unsaturated/α-hetero) is 1.